The number of fused-ring (bicyclic) bond motifs is 1. The minimum Gasteiger partial charge on any atom is -0.454 e. The van der Waals surface area contributed by atoms with Crippen LogP contribution in [0.1, 0.15) is 31.7 Å². The Bertz CT molecular complexity index is 594. The van der Waals surface area contributed by atoms with Crippen LogP contribution in [0.15, 0.2) is 23.2 Å². The number of nitrogens with one attached hydrogen (secondary N) is 2. The summed E-state index contributed by atoms with van der Waals surface area (Å²) in [6.07, 6.45) is 3.32. The van der Waals surface area contributed by atoms with Gasteiger partial charge in [0.1, 0.15) is 0 Å². The number of guanidine groups is 1. The van der Waals surface area contributed by atoms with Crippen LogP contribution in [-0.2, 0) is 16.0 Å². The summed E-state index contributed by atoms with van der Waals surface area (Å²) in [5.41, 5.74) is 1.09. The standard InChI is InChI=1S/C19H29N3O4.HI/c1-2-20-19(21-8-3-9-24-16-6-10-23-11-7-16)22-13-15-4-5-17-18(12-15)26-14-25-17;/h4-5,12,16H,2-3,6-11,13-14H2,1H3,(H2,20,21,22);1H. The highest BCUT2D eigenvalue weighted by Crippen LogP contribution is 2.32. The maximum atomic E-state index is 5.89. The fourth-order valence-corrected chi connectivity index (χ4v) is 2.92. The van der Waals surface area contributed by atoms with E-state index in [9.17, 15) is 0 Å². The van der Waals surface area contributed by atoms with Crippen molar-refractivity contribution in [1.82, 2.24) is 10.6 Å². The highest BCUT2D eigenvalue weighted by molar-refractivity contribution is 14.0. The molecule has 0 radical (unpaired) electrons. The molecular weight excluding hydrogens is 461 g/mol. The molecule has 0 atom stereocenters. The molecule has 0 saturated carbocycles. The number of aliphatic imine (C=N–C) groups is 1. The first-order chi connectivity index (χ1) is 12.8. The van der Waals surface area contributed by atoms with Crippen LogP contribution in [0.25, 0.3) is 0 Å². The highest BCUT2D eigenvalue weighted by atomic mass is 127. The molecule has 27 heavy (non-hydrogen) atoms. The Kier molecular flexibility index (Phi) is 10.00. The SMILES string of the molecule is CCNC(=NCc1ccc2c(c1)OCO2)NCCCOC1CCOCC1.I. The molecule has 0 spiro atoms. The third-order valence-corrected chi connectivity index (χ3v) is 4.34. The van der Waals surface area contributed by atoms with E-state index in [2.05, 4.69) is 22.5 Å². The van der Waals surface area contributed by atoms with E-state index in [0.29, 0.717) is 19.4 Å². The van der Waals surface area contributed by atoms with Crippen LogP contribution in [0, 0.1) is 0 Å². The fourth-order valence-electron chi connectivity index (χ4n) is 2.92. The summed E-state index contributed by atoms with van der Waals surface area (Å²) in [6.45, 7) is 7.00. The van der Waals surface area contributed by atoms with Crippen LogP contribution in [0.3, 0.4) is 0 Å². The normalized spacial score (nSPS) is 16.7. The Hall–Kier alpha value is -1.26. The number of hydrogen-bond acceptors (Lipinski definition) is 5. The summed E-state index contributed by atoms with van der Waals surface area (Å²) in [4.78, 5) is 4.64. The molecule has 0 bridgehead atoms. The Labute approximate surface area is 178 Å². The van der Waals surface area contributed by atoms with Gasteiger partial charge in [-0.3, -0.25) is 0 Å². The molecule has 0 aliphatic carbocycles. The molecule has 2 heterocycles. The zero-order valence-electron chi connectivity index (χ0n) is 15.9. The maximum Gasteiger partial charge on any atom is 0.231 e. The molecule has 1 aromatic rings. The molecule has 0 amide bonds. The van der Waals surface area contributed by atoms with Gasteiger partial charge >= 0.3 is 0 Å². The van der Waals surface area contributed by atoms with Gasteiger partial charge in [-0.2, -0.15) is 0 Å². The van der Waals surface area contributed by atoms with Crippen molar-refractivity contribution in [2.45, 2.75) is 38.8 Å². The van der Waals surface area contributed by atoms with Gasteiger partial charge in [0.05, 0.1) is 12.6 Å². The van der Waals surface area contributed by atoms with Crippen LogP contribution in [0.2, 0.25) is 0 Å². The lowest BCUT2D eigenvalue weighted by molar-refractivity contribution is -0.0320. The number of rotatable bonds is 8. The van der Waals surface area contributed by atoms with Crippen molar-refractivity contribution in [2.75, 3.05) is 39.7 Å². The van der Waals surface area contributed by atoms with Gasteiger partial charge in [-0.1, -0.05) is 6.07 Å². The van der Waals surface area contributed by atoms with Gasteiger partial charge in [-0.05, 0) is 43.9 Å². The third kappa shape index (κ3) is 7.34. The van der Waals surface area contributed by atoms with Crippen molar-refractivity contribution in [1.29, 1.82) is 0 Å². The van der Waals surface area contributed by atoms with Gasteiger partial charge in [-0.25, -0.2) is 4.99 Å². The quantitative estimate of drug-likeness (QED) is 0.252. The van der Waals surface area contributed by atoms with Crippen LogP contribution in [0.5, 0.6) is 11.5 Å². The van der Waals surface area contributed by atoms with Crippen molar-refractivity contribution >= 4 is 29.9 Å². The predicted octanol–water partition coefficient (Wildman–Crippen LogP) is 2.67. The number of benzene rings is 1. The van der Waals surface area contributed by atoms with Gasteiger partial charge in [0.25, 0.3) is 0 Å². The zero-order valence-corrected chi connectivity index (χ0v) is 18.2. The van der Waals surface area contributed by atoms with Gasteiger partial charge in [0, 0.05) is 32.9 Å². The first-order valence-electron chi connectivity index (χ1n) is 9.45. The molecule has 2 aliphatic rings. The van der Waals surface area contributed by atoms with E-state index in [1.807, 2.05) is 18.2 Å². The largest absolute Gasteiger partial charge is 0.454 e. The minimum atomic E-state index is 0. The van der Waals surface area contributed by atoms with E-state index >= 15 is 0 Å². The van der Waals surface area contributed by atoms with Gasteiger partial charge in [-0.15, -0.1) is 24.0 Å². The molecule has 0 unspecified atom stereocenters. The lowest BCUT2D eigenvalue weighted by atomic mass is 10.1. The van der Waals surface area contributed by atoms with Gasteiger partial charge in [0.2, 0.25) is 6.79 Å². The van der Waals surface area contributed by atoms with Gasteiger partial charge < -0.3 is 29.6 Å². The summed E-state index contributed by atoms with van der Waals surface area (Å²) in [5.74, 6) is 2.41. The van der Waals surface area contributed by atoms with E-state index < -0.39 is 0 Å². The number of ether oxygens (including phenoxy) is 4. The monoisotopic (exact) mass is 491 g/mol. The number of halogens is 1. The molecule has 1 saturated heterocycles. The van der Waals surface area contributed by atoms with Crippen molar-refractivity contribution < 1.29 is 18.9 Å². The van der Waals surface area contributed by atoms with Crippen LogP contribution in [0.4, 0.5) is 0 Å². The second-order valence-electron chi connectivity index (χ2n) is 6.35. The van der Waals surface area contributed by atoms with E-state index in [1.165, 1.54) is 0 Å². The first kappa shape index (κ1) is 22.0. The number of nitrogens with zero attached hydrogens (tertiary/aromatic N) is 1. The van der Waals surface area contributed by atoms with Crippen LogP contribution >= 0.6 is 24.0 Å². The summed E-state index contributed by atoms with van der Waals surface area (Å²) >= 11 is 0. The molecule has 0 aromatic heterocycles. The molecule has 8 heteroatoms. The second-order valence-corrected chi connectivity index (χ2v) is 6.35. The lowest BCUT2D eigenvalue weighted by Crippen LogP contribution is -2.38. The van der Waals surface area contributed by atoms with E-state index in [1.54, 1.807) is 0 Å². The lowest BCUT2D eigenvalue weighted by Gasteiger charge is -2.22. The van der Waals surface area contributed by atoms with E-state index in [4.69, 9.17) is 18.9 Å². The summed E-state index contributed by atoms with van der Waals surface area (Å²) in [7, 11) is 0. The average molecular weight is 491 g/mol. The topological polar surface area (TPSA) is 73.3 Å². The average Bonchev–Trinajstić information content (AvgIpc) is 3.14. The van der Waals surface area contributed by atoms with Crippen molar-refractivity contribution in [2.24, 2.45) is 4.99 Å². The second kappa shape index (κ2) is 12.2. The third-order valence-electron chi connectivity index (χ3n) is 4.34. The van der Waals surface area contributed by atoms with E-state index in [0.717, 1.165) is 75.2 Å². The maximum absolute atomic E-state index is 5.89. The first-order valence-corrected chi connectivity index (χ1v) is 9.45. The minimum absolute atomic E-state index is 0. The smallest absolute Gasteiger partial charge is 0.231 e. The molecule has 1 fully saturated rings. The summed E-state index contributed by atoms with van der Waals surface area (Å²) in [6, 6.07) is 5.93. The Balaban J connectivity index is 0.00000261. The van der Waals surface area contributed by atoms with Gasteiger partial charge in [0.15, 0.2) is 17.5 Å². The summed E-state index contributed by atoms with van der Waals surface area (Å²) in [5, 5.41) is 6.63. The Morgan fingerprint density at radius 3 is 2.81 bits per heavy atom. The Morgan fingerprint density at radius 2 is 2.00 bits per heavy atom. The molecule has 1 aromatic carbocycles. The Morgan fingerprint density at radius 1 is 1.19 bits per heavy atom. The summed E-state index contributed by atoms with van der Waals surface area (Å²) < 4.78 is 22.0. The number of hydrogen-bond donors (Lipinski definition) is 2. The predicted molar refractivity (Wildman–Crippen MR) is 115 cm³/mol. The highest BCUT2D eigenvalue weighted by Gasteiger charge is 2.14. The zero-order chi connectivity index (χ0) is 18.0. The fraction of sp³-hybridized carbons (Fsp3) is 0.632. The molecule has 2 N–H and O–H groups in total. The molecule has 7 nitrogen and oxygen atoms in total. The van der Waals surface area contributed by atoms with Crippen LogP contribution < -0.4 is 20.1 Å². The van der Waals surface area contributed by atoms with Crippen molar-refractivity contribution in [3.05, 3.63) is 23.8 Å². The van der Waals surface area contributed by atoms with Crippen molar-refractivity contribution in [3.8, 4) is 11.5 Å². The molecular formula is C19H30IN3O4. The molecule has 152 valence electrons. The van der Waals surface area contributed by atoms with Crippen LogP contribution in [-0.4, -0.2) is 51.8 Å². The molecule has 3 rings (SSSR count). The molecule has 2 aliphatic heterocycles. The van der Waals surface area contributed by atoms with E-state index in [-0.39, 0.29) is 24.0 Å². The van der Waals surface area contributed by atoms with Crippen molar-refractivity contribution in [3.63, 3.8) is 0 Å².